The lowest BCUT2D eigenvalue weighted by Gasteiger charge is -2.08. The summed E-state index contributed by atoms with van der Waals surface area (Å²) < 4.78 is 0. The van der Waals surface area contributed by atoms with E-state index in [2.05, 4.69) is 0 Å². The minimum Gasteiger partial charge on any atom is -0.299 e. The van der Waals surface area contributed by atoms with Crippen molar-refractivity contribution in [2.24, 2.45) is 5.84 Å². The minimum atomic E-state index is -0.420. The van der Waals surface area contributed by atoms with E-state index in [0.29, 0.717) is 5.88 Å². The molecule has 0 atom stereocenters. The van der Waals surface area contributed by atoms with Gasteiger partial charge in [-0.1, -0.05) is 0 Å². The molecule has 5 nitrogen and oxygen atoms in total. The first-order chi connectivity index (χ1) is 6.18. The normalized spacial score (nSPS) is 14.4. The predicted molar refractivity (Wildman–Crippen MR) is 50.5 cm³/mol. The zero-order chi connectivity index (χ0) is 9.42. The van der Waals surface area contributed by atoms with Crippen LogP contribution in [0.5, 0.6) is 0 Å². The molecule has 6 heteroatoms. The second-order valence-electron chi connectivity index (χ2n) is 2.65. The molecule has 0 radical (unpaired) electrons. The molecule has 0 fully saturated rings. The van der Waals surface area contributed by atoms with Gasteiger partial charge < -0.3 is 0 Å². The molecule has 0 saturated carbocycles. The van der Waals surface area contributed by atoms with Gasteiger partial charge in [0, 0.05) is 17.0 Å². The maximum Gasteiger partial charge on any atom is 0.271 e. The van der Waals surface area contributed by atoms with E-state index in [4.69, 9.17) is 5.84 Å². The molecule has 0 bridgehead atoms. The number of nitro groups is 1. The fourth-order valence-corrected chi connectivity index (χ4v) is 2.08. The summed E-state index contributed by atoms with van der Waals surface area (Å²) in [6.07, 6.45) is 0. The van der Waals surface area contributed by atoms with Gasteiger partial charge in [0.1, 0.15) is 0 Å². The fraction of sp³-hybridized carbons (Fsp3) is 0.143. The molecule has 1 aromatic rings. The molecule has 68 valence electrons. The highest BCUT2D eigenvalue weighted by Crippen LogP contribution is 2.38. The third-order valence-corrected chi connectivity index (χ3v) is 2.89. The van der Waals surface area contributed by atoms with E-state index in [1.807, 2.05) is 0 Å². The summed E-state index contributed by atoms with van der Waals surface area (Å²) in [5.41, 5.74) is 0.816. The van der Waals surface area contributed by atoms with Crippen LogP contribution in [-0.2, 0) is 0 Å². The van der Waals surface area contributed by atoms with E-state index in [-0.39, 0.29) is 5.69 Å². The number of fused-ring (bicyclic) bond motifs is 1. The van der Waals surface area contributed by atoms with Crippen LogP contribution in [0.25, 0.3) is 0 Å². The van der Waals surface area contributed by atoms with Gasteiger partial charge >= 0.3 is 0 Å². The van der Waals surface area contributed by atoms with Crippen molar-refractivity contribution in [3.63, 3.8) is 0 Å². The maximum atomic E-state index is 10.4. The molecular formula is C7H7N3O2S. The lowest BCUT2D eigenvalue weighted by Crippen LogP contribution is -2.26. The zero-order valence-corrected chi connectivity index (χ0v) is 7.45. The van der Waals surface area contributed by atoms with Crippen molar-refractivity contribution in [2.45, 2.75) is 4.90 Å². The Labute approximate surface area is 78.6 Å². The van der Waals surface area contributed by atoms with Crippen LogP contribution >= 0.6 is 11.8 Å². The van der Waals surface area contributed by atoms with Crippen molar-refractivity contribution in [1.82, 2.24) is 0 Å². The first-order valence-corrected chi connectivity index (χ1v) is 4.60. The molecule has 0 amide bonds. The van der Waals surface area contributed by atoms with Crippen LogP contribution < -0.4 is 10.9 Å². The third kappa shape index (κ3) is 1.34. The van der Waals surface area contributed by atoms with Crippen molar-refractivity contribution in [3.05, 3.63) is 28.3 Å². The monoisotopic (exact) mass is 197 g/mol. The molecule has 1 aromatic carbocycles. The highest BCUT2D eigenvalue weighted by molar-refractivity contribution is 7.99. The van der Waals surface area contributed by atoms with E-state index >= 15 is 0 Å². The van der Waals surface area contributed by atoms with Crippen molar-refractivity contribution < 1.29 is 4.92 Å². The number of thioether (sulfide) groups is 1. The molecule has 0 saturated heterocycles. The number of nitrogens with two attached hydrogens (primary N) is 1. The summed E-state index contributed by atoms with van der Waals surface area (Å²) in [5.74, 6) is 6.25. The van der Waals surface area contributed by atoms with Gasteiger partial charge in [-0.05, 0) is 6.07 Å². The van der Waals surface area contributed by atoms with Gasteiger partial charge in [0.25, 0.3) is 5.69 Å². The van der Waals surface area contributed by atoms with Crippen molar-refractivity contribution >= 4 is 23.1 Å². The van der Waals surface area contributed by atoms with Gasteiger partial charge in [0.15, 0.2) is 0 Å². The summed E-state index contributed by atoms with van der Waals surface area (Å²) in [4.78, 5) is 11.0. The maximum absolute atomic E-state index is 10.4. The van der Waals surface area contributed by atoms with Gasteiger partial charge in [0.05, 0.1) is 16.5 Å². The van der Waals surface area contributed by atoms with E-state index in [1.165, 1.54) is 17.1 Å². The van der Waals surface area contributed by atoms with Crippen LogP contribution in [-0.4, -0.2) is 10.8 Å². The summed E-state index contributed by atoms with van der Waals surface area (Å²) in [6, 6.07) is 4.71. The average Bonchev–Trinajstić information content (AvgIpc) is 2.47. The number of non-ortho nitro benzene ring substituents is 1. The lowest BCUT2D eigenvalue weighted by atomic mass is 10.3. The van der Waals surface area contributed by atoms with Crippen molar-refractivity contribution in [1.29, 1.82) is 0 Å². The van der Waals surface area contributed by atoms with Gasteiger partial charge in [-0.3, -0.25) is 15.1 Å². The predicted octanol–water partition coefficient (Wildman–Crippen LogP) is 1.34. The summed E-state index contributed by atoms with van der Waals surface area (Å²) in [5, 5.41) is 12.0. The standard InChI is InChI=1S/C7H7N3O2S/c8-9-4-13-7-2-1-5(10(11)12)3-6(7)9/h1-3H,4,8H2. The molecule has 0 aromatic heterocycles. The third-order valence-electron chi connectivity index (χ3n) is 1.82. The molecule has 2 N–H and O–H groups in total. The highest BCUT2D eigenvalue weighted by Gasteiger charge is 2.19. The molecule has 2 rings (SSSR count). The molecule has 0 unspecified atom stereocenters. The smallest absolute Gasteiger partial charge is 0.271 e. The van der Waals surface area contributed by atoms with Crippen molar-refractivity contribution in [2.75, 3.05) is 10.9 Å². The summed E-state index contributed by atoms with van der Waals surface area (Å²) in [6.45, 7) is 0. The van der Waals surface area contributed by atoms with Gasteiger partial charge in [-0.2, -0.15) is 0 Å². The number of hydrazine groups is 1. The topological polar surface area (TPSA) is 72.4 Å². The number of nitrogens with zero attached hydrogens (tertiary/aromatic N) is 2. The molecular weight excluding hydrogens is 190 g/mol. The van der Waals surface area contributed by atoms with Crippen LogP contribution in [0.1, 0.15) is 0 Å². The first-order valence-electron chi connectivity index (χ1n) is 3.62. The number of nitro benzene ring substituents is 1. The van der Waals surface area contributed by atoms with Crippen LogP contribution in [0.3, 0.4) is 0 Å². The van der Waals surface area contributed by atoms with E-state index in [9.17, 15) is 10.1 Å². The Bertz CT molecular complexity index is 369. The van der Waals surface area contributed by atoms with Crippen LogP contribution in [0.4, 0.5) is 11.4 Å². The fourth-order valence-electron chi connectivity index (χ4n) is 1.17. The minimum absolute atomic E-state index is 0.0803. The molecule has 13 heavy (non-hydrogen) atoms. The van der Waals surface area contributed by atoms with E-state index in [1.54, 1.807) is 17.8 Å². The Morgan fingerprint density at radius 1 is 1.62 bits per heavy atom. The summed E-state index contributed by atoms with van der Waals surface area (Å²) >= 11 is 1.57. The number of hydrogen-bond acceptors (Lipinski definition) is 5. The quantitative estimate of drug-likeness (QED) is 0.418. The highest BCUT2D eigenvalue weighted by atomic mass is 32.2. The first kappa shape index (κ1) is 8.33. The summed E-state index contributed by atoms with van der Waals surface area (Å²) in [7, 11) is 0. The SMILES string of the molecule is NN1CSc2ccc([N+](=O)[O-])cc21. The Kier molecular flexibility index (Phi) is 1.86. The largest absolute Gasteiger partial charge is 0.299 e. The van der Waals surface area contributed by atoms with E-state index < -0.39 is 4.92 Å². The number of anilines is 1. The molecule has 1 heterocycles. The van der Waals surface area contributed by atoms with E-state index in [0.717, 1.165) is 10.6 Å². The van der Waals surface area contributed by atoms with Gasteiger partial charge in [0.2, 0.25) is 0 Å². The Morgan fingerprint density at radius 2 is 2.38 bits per heavy atom. The average molecular weight is 197 g/mol. The van der Waals surface area contributed by atoms with Gasteiger partial charge in [-0.15, -0.1) is 11.8 Å². The van der Waals surface area contributed by atoms with Crippen molar-refractivity contribution in [3.8, 4) is 0 Å². The van der Waals surface area contributed by atoms with Gasteiger partial charge in [-0.25, -0.2) is 5.84 Å². The number of hydrogen-bond donors (Lipinski definition) is 1. The second kappa shape index (κ2) is 2.90. The molecule has 0 spiro atoms. The molecule has 1 aliphatic heterocycles. The number of benzene rings is 1. The Morgan fingerprint density at radius 3 is 3.08 bits per heavy atom. The zero-order valence-electron chi connectivity index (χ0n) is 6.64. The lowest BCUT2D eigenvalue weighted by molar-refractivity contribution is -0.384. The van der Waals surface area contributed by atoms with Crippen LogP contribution in [0, 0.1) is 10.1 Å². The number of rotatable bonds is 1. The Balaban J connectivity index is 2.47. The Hall–Kier alpha value is -1.27. The second-order valence-corrected chi connectivity index (χ2v) is 3.64. The van der Waals surface area contributed by atoms with Crippen LogP contribution in [0.15, 0.2) is 23.1 Å². The molecule has 1 aliphatic rings. The van der Waals surface area contributed by atoms with Crippen LogP contribution in [0.2, 0.25) is 0 Å². The molecule has 0 aliphatic carbocycles.